The van der Waals surface area contributed by atoms with Gasteiger partial charge < -0.3 is 5.32 Å². The first-order valence-electron chi connectivity index (χ1n) is 6.73. The standard InChI is InChI=1S/C14H11ClN2O.C2H6/c15-12-3-1-2-9(4-12)14(18)13-5-10-6-16-7-11(10)8-17-13;1-2/h1-5,8,16H,6-7H2;1-2H3. The summed E-state index contributed by atoms with van der Waals surface area (Å²) in [7, 11) is 0. The summed E-state index contributed by atoms with van der Waals surface area (Å²) in [6.45, 7) is 5.63. The highest BCUT2D eigenvalue weighted by Crippen LogP contribution is 2.18. The van der Waals surface area contributed by atoms with Crippen molar-refractivity contribution in [3.8, 4) is 0 Å². The van der Waals surface area contributed by atoms with E-state index >= 15 is 0 Å². The molecule has 1 aromatic carbocycles. The molecule has 0 bridgehead atoms. The fraction of sp³-hybridized carbons (Fsp3) is 0.250. The number of hydrogen-bond donors (Lipinski definition) is 1. The molecular weight excluding hydrogens is 272 g/mol. The summed E-state index contributed by atoms with van der Waals surface area (Å²) >= 11 is 5.89. The fourth-order valence-corrected chi connectivity index (χ4v) is 2.27. The molecule has 1 N–H and O–H groups in total. The maximum Gasteiger partial charge on any atom is 0.211 e. The van der Waals surface area contributed by atoms with Gasteiger partial charge in [0.05, 0.1) is 0 Å². The average molecular weight is 289 g/mol. The quantitative estimate of drug-likeness (QED) is 0.859. The van der Waals surface area contributed by atoms with Gasteiger partial charge in [0.15, 0.2) is 0 Å². The molecule has 1 aliphatic rings. The topological polar surface area (TPSA) is 42.0 Å². The molecular formula is C16H17ClN2O. The highest BCUT2D eigenvalue weighted by atomic mass is 35.5. The molecule has 1 aliphatic heterocycles. The number of pyridine rings is 1. The number of hydrogen-bond acceptors (Lipinski definition) is 3. The molecule has 0 spiro atoms. The highest BCUT2D eigenvalue weighted by Gasteiger charge is 2.16. The lowest BCUT2D eigenvalue weighted by atomic mass is 10.1. The van der Waals surface area contributed by atoms with E-state index in [0.29, 0.717) is 16.3 Å². The van der Waals surface area contributed by atoms with Crippen LogP contribution in [-0.4, -0.2) is 10.8 Å². The predicted molar refractivity (Wildman–Crippen MR) is 81.0 cm³/mol. The minimum atomic E-state index is -0.0906. The van der Waals surface area contributed by atoms with E-state index in [1.807, 2.05) is 19.9 Å². The summed E-state index contributed by atoms with van der Waals surface area (Å²) in [6.07, 6.45) is 1.77. The Labute approximate surface area is 124 Å². The monoisotopic (exact) mass is 288 g/mol. The SMILES string of the molecule is CC.O=C(c1cccc(Cl)c1)c1cc2c(cn1)CNC2. The second kappa shape index (κ2) is 6.64. The lowest BCUT2D eigenvalue weighted by Crippen LogP contribution is -2.05. The number of carbonyl (C=O) groups excluding carboxylic acids is 1. The van der Waals surface area contributed by atoms with E-state index in [4.69, 9.17) is 11.6 Å². The Morgan fingerprint density at radius 2 is 1.95 bits per heavy atom. The first-order chi connectivity index (χ1) is 9.74. The van der Waals surface area contributed by atoms with Crippen molar-refractivity contribution in [1.82, 2.24) is 10.3 Å². The normalized spacial score (nSPS) is 12.3. The lowest BCUT2D eigenvalue weighted by Gasteiger charge is -2.03. The number of benzene rings is 1. The van der Waals surface area contributed by atoms with E-state index in [9.17, 15) is 4.79 Å². The maximum absolute atomic E-state index is 12.3. The van der Waals surface area contributed by atoms with Gasteiger partial charge in [-0.2, -0.15) is 0 Å². The van der Waals surface area contributed by atoms with Crippen LogP contribution < -0.4 is 5.32 Å². The molecule has 4 heteroatoms. The van der Waals surface area contributed by atoms with Crippen LogP contribution in [0.25, 0.3) is 0 Å². The van der Waals surface area contributed by atoms with Crippen molar-refractivity contribution in [2.24, 2.45) is 0 Å². The zero-order valence-corrected chi connectivity index (χ0v) is 12.4. The van der Waals surface area contributed by atoms with Crippen LogP contribution in [0.4, 0.5) is 0 Å². The van der Waals surface area contributed by atoms with Gasteiger partial charge >= 0.3 is 0 Å². The van der Waals surface area contributed by atoms with E-state index in [2.05, 4.69) is 10.3 Å². The smallest absolute Gasteiger partial charge is 0.211 e. The van der Waals surface area contributed by atoms with Gasteiger partial charge in [0.25, 0.3) is 0 Å². The summed E-state index contributed by atoms with van der Waals surface area (Å²) < 4.78 is 0. The molecule has 0 amide bonds. The van der Waals surface area contributed by atoms with Crippen molar-refractivity contribution in [1.29, 1.82) is 0 Å². The summed E-state index contributed by atoms with van der Waals surface area (Å²) in [6, 6.07) is 8.79. The van der Waals surface area contributed by atoms with Gasteiger partial charge in [0.1, 0.15) is 5.69 Å². The van der Waals surface area contributed by atoms with Crippen molar-refractivity contribution in [2.75, 3.05) is 0 Å². The van der Waals surface area contributed by atoms with E-state index in [1.54, 1.807) is 30.5 Å². The molecule has 0 saturated carbocycles. The minimum Gasteiger partial charge on any atom is -0.309 e. The summed E-state index contributed by atoms with van der Waals surface area (Å²) in [5.41, 5.74) is 3.36. The molecule has 20 heavy (non-hydrogen) atoms. The van der Waals surface area contributed by atoms with Crippen molar-refractivity contribution in [3.63, 3.8) is 0 Å². The number of fused-ring (bicyclic) bond motifs is 1. The molecule has 3 nitrogen and oxygen atoms in total. The van der Waals surface area contributed by atoms with Gasteiger partial charge in [-0.3, -0.25) is 9.78 Å². The van der Waals surface area contributed by atoms with Gasteiger partial charge in [-0.05, 0) is 29.3 Å². The van der Waals surface area contributed by atoms with Crippen LogP contribution in [0.3, 0.4) is 0 Å². The number of nitrogens with zero attached hydrogens (tertiary/aromatic N) is 1. The Morgan fingerprint density at radius 1 is 1.20 bits per heavy atom. The molecule has 104 valence electrons. The van der Waals surface area contributed by atoms with Gasteiger partial charge in [0.2, 0.25) is 5.78 Å². The molecule has 0 radical (unpaired) electrons. The molecule has 2 aromatic rings. The lowest BCUT2D eigenvalue weighted by molar-refractivity contribution is 0.103. The second-order valence-electron chi connectivity index (χ2n) is 4.28. The van der Waals surface area contributed by atoms with E-state index in [-0.39, 0.29) is 5.78 Å². The van der Waals surface area contributed by atoms with Gasteiger partial charge in [-0.1, -0.05) is 37.6 Å². The van der Waals surface area contributed by atoms with Crippen LogP contribution in [-0.2, 0) is 13.1 Å². The van der Waals surface area contributed by atoms with Crippen LogP contribution in [0.5, 0.6) is 0 Å². The van der Waals surface area contributed by atoms with Crippen LogP contribution in [0, 0.1) is 0 Å². The largest absolute Gasteiger partial charge is 0.309 e. The highest BCUT2D eigenvalue weighted by molar-refractivity contribution is 6.31. The molecule has 2 heterocycles. The fourth-order valence-electron chi connectivity index (χ4n) is 2.08. The van der Waals surface area contributed by atoms with Crippen LogP contribution in [0.1, 0.15) is 41.0 Å². The molecule has 0 aliphatic carbocycles. The first kappa shape index (κ1) is 14.7. The zero-order chi connectivity index (χ0) is 14.5. The number of ketones is 1. The number of aromatic nitrogens is 1. The maximum atomic E-state index is 12.3. The van der Waals surface area contributed by atoms with E-state index < -0.39 is 0 Å². The second-order valence-corrected chi connectivity index (χ2v) is 4.72. The molecule has 0 atom stereocenters. The summed E-state index contributed by atoms with van der Waals surface area (Å²) in [4.78, 5) is 16.5. The third-order valence-electron chi connectivity index (χ3n) is 3.03. The summed E-state index contributed by atoms with van der Waals surface area (Å²) in [5.74, 6) is -0.0906. The molecule has 3 rings (SSSR count). The van der Waals surface area contributed by atoms with Gasteiger partial charge in [-0.25, -0.2) is 0 Å². The number of halogens is 1. The average Bonchev–Trinajstić information content (AvgIpc) is 2.96. The Hall–Kier alpha value is -1.71. The zero-order valence-electron chi connectivity index (χ0n) is 11.6. The van der Waals surface area contributed by atoms with Crippen molar-refractivity contribution >= 4 is 17.4 Å². The van der Waals surface area contributed by atoms with E-state index in [0.717, 1.165) is 24.2 Å². The predicted octanol–water partition coefficient (Wildman–Crippen LogP) is 3.60. The molecule has 0 fully saturated rings. The Bertz CT molecular complexity index is 626. The van der Waals surface area contributed by atoms with Crippen LogP contribution in [0.2, 0.25) is 5.02 Å². The Kier molecular flexibility index (Phi) is 4.88. The van der Waals surface area contributed by atoms with Gasteiger partial charge in [-0.15, -0.1) is 0 Å². The van der Waals surface area contributed by atoms with Crippen molar-refractivity contribution < 1.29 is 4.79 Å². The molecule has 0 saturated heterocycles. The molecule has 1 aromatic heterocycles. The summed E-state index contributed by atoms with van der Waals surface area (Å²) in [5, 5.41) is 3.79. The van der Waals surface area contributed by atoms with Crippen molar-refractivity contribution in [3.05, 3.63) is 63.9 Å². The number of rotatable bonds is 2. The van der Waals surface area contributed by atoms with Crippen LogP contribution >= 0.6 is 11.6 Å². The number of carbonyl (C=O) groups is 1. The minimum absolute atomic E-state index is 0.0906. The molecule has 0 unspecified atom stereocenters. The Morgan fingerprint density at radius 3 is 2.70 bits per heavy atom. The third kappa shape index (κ3) is 3.06. The third-order valence-corrected chi connectivity index (χ3v) is 3.27. The first-order valence-corrected chi connectivity index (χ1v) is 7.10. The Balaban J connectivity index is 0.000000704. The van der Waals surface area contributed by atoms with Crippen molar-refractivity contribution in [2.45, 2.75) is 26.9 Å². The van der Waals surface area contributed by atoms with Gasteiger partial charge in [0, 0.05) is 29.9 Å². The van der Waals surface area contributed by atoms with Crippen LogP contribution in [0.15, 0.2) is 36.5 Å². The number of nitrogens with one attached hydrogen (secondary N) is 1. The van der Waals surface area contributed by atoms with E-state index in [1.165, 1.54) is 0 Å².